The van der Waals surface area contributed by atoms with Crippen LogP contribution in [0.3, 0.4) is 0 Å². The zero-order valence-electron chi connectivity index (χ0n) is 9.30. The van der Waals surface area contributed by atoms with Crippen molar-refractivity contribution >= 4 is 29.4 Å². The van der Waals surface area contributed by atoms with Crippen LogP contribution in [0.1, 0.15) is 5.56 Å². The van der Waals surface area contributed by atoms with Gasteiger partial charge in [-0.25, -0.2) is 0 Å². The lowest BCUT2D eigenvalue weighted by Gasteiger charge is -2.06. The smallest absolute Gasteiger partial charge is 0.120 e. The molecule has 0 spiro atoms. The van der Waals surface area contributed by atoms with Gasteiger partial charge in [0.1, 0.15) is 19.1 Å². The summed E-state index contributed by atoms with van der Waals surface area (Å²) in [5, 5.41) is 0. The van der Waals surface area contributed by atoms with Crippen LogP contribution in [-0.4, -0.2) is 6.79 Å². The molecule has 0 saturated carbocycles. The van der Waals surface area contributed by atoms with Gasteiger partial charge in [-0.2, -0.15) is 0 Å². The molecule has 0 bridgehead atoms. The lowest BCUT2D eigenvalue weighted by Crippen LogP contribution is -1.94. The maximum atomic E-state index is 8.00. The van der Waals surface area contributed by atoms with Gasteiger partial charge in [0, 0.05) is 3.57 Å². The van der Waals surface area contributed by atoms with Crippen molar-refractivity contribution in [3.63, 3.8) is 0 Å². The van der Waals surface area contributed by atoms with Gasteiger partial charge in [-0.1, -0.05) is 36.4 Å². The van der Waals surface area contributed by atoms with Crippen molar-refractivity contribution in [1.29, 1.82) is 0 Å². The summed E-state index contributed by atoms with van der Waals surface area (Å²) in [7, 11) is 0. The van der Waals surface area contributed by atoms with Crippen molar-refractivity contribution in [3.05, 3.63) is 63.7 Å². The number of rotatable bonds is 3. The molecule has 0 atom stereocenters. The van der Waals surface area contributed by atoms with E-state index in [1.54, 1.807) is 0 Å². The maximum absolute atomic E-state index is 8.00. The lowest BCUT2D eigenvalue weighted by atomic mass is 10.2. The van der Waals surface area contributed by atoms with Gasteiger partial charge >= 0.3 is 0 Å². The van der Waals surface area contributed by atoms with E-state index in [1.165, 1.54) is 9.13 Å². The van der Waals surface area contributed by atoms with Crippen LogP contribution in [0, 0.1) is 3.57 Å². The van der Waals surface area contributed by atoms with E-state index in [0.717, 1.165) is 5.75 Å². The van der Waals surface area contributed by atoms with Gasteiger partial charge in [-0.3, -0.25) is 0 Å². The summed E-state index contributed by atoms with van der Waals surface area (Å²) in [5.41, 5.74) is 1.19. The summed E-state index contributed by atoms with van der Waals surface area (Å²) in [5.74, 6) is 0.922. The molecule has 0 heterocycles. The lowest BCUT2D eigenvalue weighted by molar-refractivity contribution is -0.0979. The van der Waals surface area contributed by atoms with Gasteiger partial charge in [-0.15, -0.1) is 0 Å². The van der Waals surface area contributed by atoms with E-state index in [-0.39, 0.29) is 0 Å². The third-order valence-electron chi connectivity index (χ3n) is 2.04. The van der Waals surface area contributed by atoms with Gasteiger partial charge in [-0.05, 0) is 46.4 Å². The molecule has 0 unspecified atom stereocenters. The van der Waals surface area contributed by atoms with Crippen molar-refractivity contribution < 1.29 is 9.53 Å². The van der Waals surface area contributed by atoms with E-state index in [4.69, 9.17) is 9.53 Å². The van der Waals surface area contributed by atoms with Crippen molar-refractivity contribution in [2.45, 2.75) is 6.61 Å². The minimum absolute atomic E-state index is 0.626. The molecule has 17 heavy (non-hydrogen) atoms. The predicted molar refractivity (Wildman–Crippen MR) is 77.1 cm³/mol. The van der Waals surface area contributed by atoms with Gasteiger partial charge < -0.3 is 9.53 Å². The highest BCUT2D eigenvalue weighted by Crippen LogP contribution is 2.16. The number of hydrogen-bond acceptors (Lipinski definition) is 2. The first-order chi connectivity index (χ1) is 8.34. The zero-order chi connectivity index (χ0) is 12.5. The number of carbonyl (C=O) groups excluding carboxylic acids is 1. The van der Waals surface area contributed by atoms with Crippen LogP contribution < -0.4 is 4.74 Å². The van der Waals surface area contributed by atoms with E-state index in [2.05, 4.69) is 40.8 Å². The average molecular weight is 340 g/mol. The van der Waals surface area contributed by atoms with E-state index in [9.17, 15) is 0 Å². The first-order valence-electron chi connectivity index (χ1n) is 5.06. The fourth-order valence-corrected chi connectivity index (χ4v) is 1.81. The fourth-order valence-electron chi connectivity index (χ4n) is 1.30. The molecule has 0 aliphatic heterocycles. The zero-order valence-corrected chi connectivity index (χ0v) is 11.5. The normalized spacial score (nSPS) is 9.00. The van der Waals surface area contributed by atoms with Crippen LogP contribution in [0.5, 0.6) is 5.75 Å². The molecule has 3 heteroatoms. The molecule has 0 aromatic heterocycles. The van der Waals surface area contributed by atoms with Crippen molar-refractivity contribution in [2.24, 2.45) is 0 Å². The maximum Gasteiger partial charge on any atom is 0.120 e. The second-order valence-electron chi connectivity index (χ2n) is 3.23. The predicted octanol–water partition coefficient (Wildman–Crippen LogP) is 3.69. The van der Waals surface area contributed by atoms with Crippen LogP contribution in [-0.2, 0) is 11.4 Å². The van der Waals surface area contributed by atoms with Crippen molar-refractivity contribution in [2.75, 3.05) is 0 Å². The summed E-state index contributed by atoms with van der Waals surface area (Å²) >= 11 is 2.28. The molecule has 2 aromatic carbocycles. The molecule has 88 valence electrons. The van der Waals surface area contributed by atoms with Gasteiger partial charge in [0.05, 0.1) is 0 Å². The molecule has 2 rings (SSSR count). The summed E-state index contributed by atoms with van der Waals surface area (Å²) < 4.78 is 6.86. The Morgan fingerprint density at radius 1 is 1.00 bits per heavy atom. The molecule has 0 aliphatic rings. The van der Waals surface area contributed by atoms with Crippen LogP contribution >= 0.6 is 22.6 Å². The standard InChI is InChI=1S/C13H11IO.CH2O/c14-12-7-4-8-13(9-12)15-10-11-5-2-1-3-6-11;1-2/h1-9H,10H2;1H2. The highest BCUT2D eigenvalue weighted by Gasteiger charge is 1.95. The Bertz CT molecular complexity index is 443. The molecule has 0 N–H and O–H groups in total. The molecule has 2 nitrogen and oxygen atoms in total. The van der Waals surface area contributed by atoms with Gasteiger partial charge in [0.25, 0.3) is 0 Å². The average Bonchev–Trinajstić information content (AvgIpc) is 2.40. The quantitative estimate of drug-likeness (QED) is 0.797. The summed E-state index contributed by atoms with van der Waals surface area (Å²) in [6, 6.07) is 18.2. The first-order valence-corrected chi connectivity index (χ1v) is 6.13. The molecule has 0 radical (unpaired) electrons. The third kappa shape index (κ3) is 4.99. The monoisotopic (exact) mass is 340 g/mol. The van der Waals surface area contributed by atoms with E-state index >= 15 is 0 Å². The number of carbonyl (C=O) groups is 1. The van der Waals surface area contributed by atoms with Crippen LogP contribution in [0.15, 0.2) is 54.6 Å². The number of hydrogen-bond donors (Lipinski definition) is 0. The molecular formula is C14H13IO2. The molecular weight excluding hydrogens is 327 g/mol. The topological polar surface area (TPSA) is 26.3 Å². The van der Waals surface area contributed by atoms with E-state index < -0.39 is 0 Å². The minimum Gasteiger partial charge on any atom is -0.489 e. The SMILES string of the molecule is C=O.Ic1cccc(OCc2ccccc2)c1. The summed E-state index contributed by atoms with van der Waals surface area (Å²) in [6.45, 7) is 2.63. The summed E-state index contributed by atoms with van der Waals surface area (Å²) in [4.78, 5) is 8.00. The third-order valence-corrected chi connectivity index (χ3v) is 2.72. The van der Waals surface area contributed by atoms with E-state index in [1.807, 2.05) is 43.2 Å². The summed E-state index contributed by atoms with van der Waals surface area (Å²) in [6.07, 6.45) is 0. The Morgan fingerprint density at radius 2 is 1.71 bits per heavy atom. The van der Waals surface area contributed by atoms with Crippen LogP contribution in [0.4, 0.5) is 0 Å². The minimum atomic E-state index is 0.626. The molecule has 0 saturated heterocycles. The van der Waals surface area contributed by atoms with Crippen molar-refractivity contribution in [1.82, 2.24) is 0 Å². The molecule has 0 fully saturated rings. The van der Waals surface area contributed by atoms with Crippen molar-refractivity contribution in [3.8, 4) is 5.75 Å². The Labute approximate surface area is 115 Å². The molecule has 0 amide bonds. The molecule has 0 aliphatic carbocycles. The Morgan fingerprint density at radius 3 is 2.35 bits per heavy atom. The van der Waals surface area contributed by atoms with Gasteiger partial charge in [0.2, 0.25) is 0 Å². The van der Waals surface area contributed by atoms with Gasteiger partial charge in [0.15, 0.2) is 0 Å². The Hall–Kier alpha value is -1.36. The second-order valence-corrected chi connectivity index (χ2v) is 4.48. The number of ether oxygens (including phenoxy) is 1. The fraction of sp³-hybridized carbons (Fsp3) is 0.0714. The van der Waals surface area contributed by atoms with E-state index in [0.29, 0.717) is 6.61 Å². The highest BCUT2D eigenvalue weighted by atomic mass is 127. The largest absolute Gasteiger partial charge is 0.489 e. The molecule has 2 aromatic rings. The Balaban J connectivity index is 0.000000686. The second kappa shape index (κ2) is 7.84. The first kappa shape index (κ1) is 13.7. The number of benzene rings is 2. The Kier molecular flexibility index (Phi) is 6.32. The van der Waals surface area contributed by atoms with Crippen LogP contribution in [0.25, 0.3) is 0 Å². The highest BCUT2D eigenvalue weighted by molar-refractivity contribution is 14.1. The van der Waals surface area contributed by atoms with Crippen LogP contribution in [0.2, 0.25) is 0 Å². The number of halogens is 1.